The van der Waals surface area contributed by atoms with E-state index in [-0.39, 0.29) is 11.9 Å². The molecule has 0 bridgehead atoms. The fourth-order valence-corrected chi connectivity index (χ4v) is 2.52. The first kappa shape index (κ1) is 13.1. The van der Waals surface area contributed by atoms with Gasteiger partial charge in [-0.2, -0.15) is 0 Å². The van der Waals surface area contributed by atoms with Gasteiger partial charge in [0.25, 0.3) is 5.91 Å². The van der Waals surface area contributed by atoms with Gasteiger partial charge in [0, 0.05) is 25.7 Å². The summed E-state index contributed by atoms with van der Waals surface area (Å²) in [5.74, 6) is -0.0154. The third-order valence-electron chi connectivity index (χ3n) is 3.66. The van der Waals surface area contributed by atoms with Gasteiger partial charge in [-0.15, -0.1) is 0 Å². The third-order valence-corrected chi connectivity index (χ3v) is 3.66. The normalized spacial score (nSPS) is 23.1. The van der Waals surface area contributed by atoms with Gasteiger partial charge < -0.3 is 15.3 Å². The van der Waals surface area contributed by atoms with E-state index in [1.807, 2.05) is 32.0 Å². The van der Waals surface area contributed by atoms with Crippen LogP contribution in [0.25, 0.3) is 0 Å². The van der Waals surface area contributed by atoms with Crippen molar-refractivity contribution in [1.29, 1.82) is 0 Å². The summed E-state index contributed by atoms with van der Waals surface area (Å²) < 4.78 is 0. The van der Waals surface area contributed by atoms with Crippen molar-refractivity contribution in [2.24, 2.45) is 0 Å². The molecule has 1 aromatic rings. The number of amides is 1. The lowest BCUT2D eigenvalue weighted by Gasteiger charge is -2.27. The topological polar surface area (TPSA) is 52.6 Å². The lowest BCUT2D eigenvalue weighted by Crippen LogP contribution is -2.44. The molecule has 2 atom stereocenters. The molecule has 98 valence electrons. The van der Waals surface area contributed by atoms with E-state index in [2.05, 4.69) is 5.32 Å². The lowest BCUT2D eigenvalue weighted by atomic mass is 10.0. The van der Waals surface area contributed by atoms with E-state index >= 15 is 0 Å². The Morgan fingerprint density at radius 1 is 1.33 bits per heavy atom. The molecule has 0 aromatic heterocycles. The Morgan fingerprint density at radius 2 is 1.94 bits per heavy atom. The molecule has 0 unspecified atom stereocenters. The molecule has 1 saturated heterocycles. The van der Waals surface area contributed by atoms with E-state index in [4.69, 9.17) is 0 Å². The average Bonchev–Trinajstić information content (AvgIpc) is 2.74. The number of nitrogens with one attached hydrogen (secondary N) is 1. The highest BCUT2D eigenvalue weighted by Gasteiger charge is 2.32. The molecule has 1 aromatic carbocycles. The second-order valence-corrected chi connectivity index (χ2v) is 4.98. The van der Waals surface area contributed by atoms with Crippen LogP contribution in [0.5, 0.6) is 0 Å². The van der Waals surface area contributed by atoms with Gasteiger partial charge in [0.2, 0.25) is 0 Å². The standard InChI is InChI=1S/C14H20N2O2/c1-9-5-4-6-10(2)13(9)14(18)16(3)11-7-15-8-12(11)17/h4-6,11-12,15,17H,7-8H2,1-3H3/t11-,12-/m0/s1. The summed E-state index contributed by atoms with van der Waals surface area (Å²) in [6, 6.07) is 5.69. The van der Waals surface area contributed by atoms with Crippen molar-refractivity contribution in [2.45, 2.75) is 26.0 Å². The zero-order chi connectivity index (χ0) is 13.3. The quantitative estimate of drug-likeness (QED) is 0.810. The van der Waals surface area contributed by atoms with Gasteiger partial charge in [0.05, 0.1) is 12.1 Å². The molecule has 4 nitrogen and oxygen atoms in total. The molecule has 1 amide bonds. The SMILES string of the molecule is Cc1cccc(C)c1C(=O)N(C)[C@H]1CNC[C@@H]1O. The smallest absolute Gasteiger partial charge is 0.254 e. The number of carbonyl (C=O) groups is 1. The molecule has 4 heteroatoms. The van der Waals surface area contributed by atoms with Crippen molar-refractivity contribution in [3.8, 4) is 0 Å². The Labute approximate surface area is 108 Å². The van der Waals surface area contributed by atoms with E-state index in [1.165, 1.54) is 0 Å². The third kappa shape index (κ3) is 2.26. The summed E-state index contributed by atoms with van der Waals surface area (Å²) in [4.78, 5) is 14.2. The van der Waals surface area contributed by atoms with Crippen LogP contribution in [0.1, 0.15) is 21.5 Å². The lowest BCUT2D eigenvalue weighted by molar-refractivity contribution is 0.0580. The number of benzene rings is 1. The van der Waals surface area contributed by atoms with Crippen LogP contribution in [0.2, 0.25) is 0 Å². The maximum Gasteiger partial charge on any atom is 0.254 e. The highest BCUT2D eigenvalue weighted by molar-refractivity contribution is 5.97. The molecular formula is C14H20N2O2. The van der Waals surface area contributed by atoms with Gasteiger partial charge in [0.15, 0.2) is 0 Å². The largest absolute Gasteiger partial charge is 0.390 e. The van der Waals surface area contributed by atoms with Crippen molar-refractivity contribution in [1.82, 2.24) is 10.2 Å². The van der Waals surface area contributed by atoms with E-state index in [0.717, 1.165) is 16.7 Å². The zero-order valence-corrected chi connectivity index (χ0v) is 11.1. The first-order chi connectivity index (χ1) is 8.52. The summed E-state index contributed by atoms with van der Waals surface area (Å²) in [5, 5.41) is 12.9. The first-order valence-electron chi connectivity index (χ1n) is 6.24. The molecule has 2 N–H and O–H groups in total. The van der Waals surface area contributed by atoms with Crippen LogP contribution >= 0.6 is 0 Å². The molecule has 1 aliphatic heterocycles. The Bertz CT molecular complexity index is 439. The van der Waals surface area contributed by atoms with Crippen LogP contribution in [-0.4, -0.2) is 48.2 Å². The number of nitrogens with zero attached hydrogens (tertiary/aromatic N) is 1. The highest BCUT2D eigenvalue weighted by atomic mass is 16.3. The maximum atomic E-state index is 12.5. The van der Waals surface area contributed by atoms with E-state index < -0.39 is 6.10 Å². The van der Waals surface area contributed by atoms with E-state index in [0.29, 0.717) is 13.1 Å². The molecule has 0 spiro atoms. The summed E-state index contributed by atoms with van der Waals surface area (Å²) in [7, 11) is 1.76. The number of aliphatic hydroxyl groups is 1. The van der Waals surface area contributed by atoms with Crippen molar-refractivity contribution >= 4 is 5.91 Å². The first-order valence-corrected chi connectivity index (χ1v) is 6.24. The van der Waals surface area contributed by atoms with Gasteiger partial charge in [-0.1, -0.05) is 18.2 Å². The van der Waals surface area contributed by atoms with Crippen molar-refractivity contribution in [3.63, 3.8) is 0 Å². The molecule has 0 saturated carbocycles. The number of rotatable bonds is 2. The van der Waals surface area contributed by atoms with Crippen LogP contribution < -0.4 is 5.32 Å². The predicted octanol–water partition coefficient (Wildman–Crippen LogP) is 0.708. The zero-order valence-electron chi connectivity index (χ0n) is 11.1. The summed E-state index contributed by atoms with van der Waals surface area (Å²) >= 11 is 0. The number of carbonyl (C=O) groups excluding carboxylic acids is 1. The molecule has 0 radical (unpaired) electrons. The maximum absolute atomic E-state index is 12.5. The highest BCUT2D eigenvalue weighted by Crippen LogP contribution is 2.18. The average molecular weight is 248 g/mol. The Balaban J connectivity index is 2.26. The Hall–Kier alpha value is -1.39. The Kier molecular flexibility index (Phi) is 3.68. The van der Waals surface area contributed by atoms with Crippen LogP contribution in [0.4, 0.5) is 0 Å². The summed E-state index contributed by atoms with van der Waals surface area (Å²) in [5.41, 5.74) is 2.71. The van der Waals surface area contributed by atoms with Crippen LogP contribution in [-0.2, 0) is 0 Å². The summed E-state index contributed by atoms with van der Waals surface area (Å²) in [6.07, 6.45) is -0.483. The second-order valence-electron chi connectivity index (χ2n) is 4.98. The summed E-state index contributed by atoms with van der Waals surface area (Å²) in [6.45, 7) is 5.08. The minimum absolute atomic E-state index is 0.0154. The number of likely N-dealkylation sites (N-methyl/N-ethyl adjacent to an activating group) is 1. The van der Waals surface area contributed by atoms with Crippen molar-refractivity contribution in [2.75, 3.05) is 20.1 Å². The minimum Gasteiger partial charge on any atom is -0.390 e. The molecule has 1 aliphatic rings. The number of aryl methyl sites for hydroxylation is 2. The Morgan fingerprint density at radius 3 is 2.44 bits per heavy atom. The minimum atomic E-state index is -0.483. The van der Waals surface area contributed by atoms with E-state index in [9.17, 15) is 9.90 Å². The fourth-order valence-electron chi connectivity index (χ4n) is 2.52. The van der Waals surface area contributed by atoms with Gasteiger partial charge in [-0.3, -0.25) is 4.79 Å². The number of β-amino-alcohol motifs (C(OH)–C–C–N with tert-alkyl or cyclic N) is 1. The van der Waals surface area contributed by atoms with Gasteiger partial charge >= 0.3 is 0 Å². The predicted molar refractivity (Wildman–Crippen MR) is 70.7 cm³/mol. The van der Waals surface area contributed by atoms with Crippen molar-refractivity contribution in [3.05, 3.63) is 34.9 Å². The van der Waals surface area contributed by atoms with Gasteiger partial charge in [-0.25, -0.2) is 0 Å². The van der Waals surface area contributed by atoms with Crippen molar-refractivity contribution < 1.29 is 9.90 Å². The van der Waals surface area contributed by atoms with Crippen LogP contribution in [0.3, 0.4) is 0 Å². The molecule has 2 rings (SSSR count). The number of hydrogen-bond acceptors (Lipinski definition) is 3. The number of aliphatic hydroxyl groups excluding tert-OH is 1. The van der Waals surface area contributed by atoms with Gasteiger partial charge in [0.1, 0.15) is 0 Å². The van der Waals surface area contributed by atoms with Gasteiger partial charge in [-0.05, 0) is 25.0 Å². The molecule has 1 heterocycles. The monoisotopic (exact) mass is 248 g/mol. The van der Waals surface area contributed by atoms with Crippen LogP contribution in [0, 0.1) is 13.8 Å². The van der Waals surface area contributed by atoms with E-state index in [1.54, 1.807) is 11.9 Å². The molecule has 1 fully saturated rings. The molecule has 18 heavy (non-hydrogen) atoms. The molecular weight excluding hydrogens is 228 g/mol. The fraction of sp³-hybridized carbons (Fsp3) is 0.500. The van der Waals surface area contributed by atoms with Crippen LogP contribution in [0.15, 0.2) is 18.2 Å². The second kappa shape index (κ2) is 5.08. The molecule has 0 aliphatic carbocycles. The number of hydrogen-bond donors (Lipinski definition) is 2.